The third-order valence-electron chi connectivity index (χ3n) is 5.49. The minimum atomic E-state index is -3.49. The monoisotopic (exact) mass is 462 g/mol. The van der Waals surface area contributed by atoms with E-state index in [1.54, 1.807) is 39.3 Å². The average molecular weight is 463 g/mol. The van der Waals surface area contributed by atoms with E-state index in [1.165, 1.54) is 10.4 Å². The number of ether oxygens (including phenoxy) is 3. The second kappa shape index (κ2) is 10.2. The Bertz CT molecular complexity index is 1060. The first kappa shape index (κ1) is 23.9. The zero-order valence-electron chi connectivity index (χ0n) is 18.9. The Balaban J connectivity index is 1.60. The van der Waals surface area contributed by atoms with Crippen LogP contribution in [-0.4, -0.2) is 52.5 Å². The summed E-state index contributed by atoms with van der Waals surface area (Å²) in [5.41, 5.74) is 1.52. The summed E-state index contributed by atoms with van der Waals surface area (Å²) in [5.74, 6) is 1.38. The Labute approximate surface area is 189 Å². The number of hydrogen-bond donors (Lipinski definition) is 1. The highest BCUT2D eigenvalue weighted by Crippen LogP contribution is 2.30. The molecule has 2 aromatic rings. The van der Waals surface area contributed by atoms with E-state index in [-0.39, 0.29) is 23.5 Å². The minimum Gasteiger partial charge on any atom is -0.493 e. The van der Waals surface area contributed by atoms with Gasteiger partial charge in [-0.15, -0.1) is 0 Å². The van der Waals surface area contributed by atoms with Crippen LogP contribution >= 0.6 is 0 Å². The van der Waals surface area contributed by atoms with Gasteiger partial charge >= 0.3 is 0 Å². The van der Waals surface area contributed by atoms with Gasteiger partial charge in [0, 0.05) is 13.1 Å². The van der Waals surface area contributed by atoms with Crippen LogP contribution in [0.5, 0.6) is 17.2 Å². The molecule has 0 bridgehead atoms. The molecule has 1 amide bonds. The number of nitrogens with one attached hydrogen (secondary N) is 1. The zero-order valence-corrected chi connectivity index (χ0v) is 19.7. The molecule has 0 saturated carbocycles. The van der Waals surface area contributed by atoms with Gasteiger partial charge in [-0.25, -0.2) is 8.42 Å². The molecule has 0 aromatic heterocycles. The van der Waals surface area contributed by atoms with Crippen LogP contribution in [0, 0.1) is 6.92 Å². The number of methoxy groups -OCH3 is 2. The predicted octanol–water partition coefficient (Wildman–Crippen LogP) is 3.05. The van der Waals surface area contributed by atoms with E-state index < -0.39 is 10.0 Å². The van der Waals surface area contributed by atoms with E-state index in [1.807, 2.05) is 19.1 Å². The number of carbonyl (C=O) groups is 1. The highest BCUT2D eigenvalue weighted by molar-refractivity contribution is 7.89. The Morgan fingerprint density at radius 2 is 1.69 bits per heavy atom. The first-order valence-electron chi connectivity index (χ1n) is 10.5. The number of rotatable bonds is 9. The summed E-state index contributed by atoms with van der Waals surface area (Å²) in [6.07, 6.45) is 1.77. The van der Waals surface area contributed by atoms with Crippen molar-refractivity contribution in [2.24, 2.45) is 0 Å². The molecule has 1 heterocycles. The first-order chi connectivity index (χ1) is 15.3. The van der Waals surface area contributed by atoms with Gasteiger partial charge in [0.25, 0.3) is 5.91 Å². The van der Waals surface area contributed by atoms with E-state index >= 15 is 0 Å². The molecule has 1 fully saturated rings. The van der Waals surface area contributed by atoms with Gasteiger partial charge in [-0.05, 0) is 68.1 Å². The Kier molecular flexibility index (Phi) is 7.63. The molecule has 2 aromatic carbocycles. The van der Waals surface area contributed by atoms with Gasteiger partial charge in [0.15, 0.2) is 18.1 Å². The average Bonchev–Trinajstić information content (AvgIpc) is 3.33. The summed E-state index contributed by atoms with van der Waals surface area (Å²) in [5, 5.41) is 2.88. The van der Waals surface area contributed by atoms with Crippen LogP contribution in [0.3, 0.4) is 0 Å². The van der Waals surface area contributed by atoms with Gasteiger partial charge in [0.1, 0.15) is 5.75 Å². The Morgan fingerprint density at radius 1 is 1.03 bits per heavy atom. The highest BCUT2D eigenvalue weighted by Gasteiger charge is 2.27. The molecular formula is C23H30N2O6S. The fourth-order valence-corrected chi connectivity index (χ4v) is 5.26. The predicted molar refractivity (Wildman–Crippen MR) is 121 cm³/mol. The maximum atomic E-state index is 12.7. The molecule has 1 saturated heterocycles. The molecule has 1 unspecified atom stereocenters. The number of hydrogen-bond acceptors (Lipinski definition) is 6. The molecule has 1 aliphatic rings. The van der Waals surface area contributed by atoms with Crippen LogP contribution in [-0.2, 0) is 14.8 Å². The molecule has 9 heteroatoms. The van der Waals surface area contributed by atoms with E-state index in [4.69, 9.17) is 14.2 Å². The van der Waals surface area contributed by atoms with E-state index in [9.17, 15) is 13.2 Å². The van der Waals surface area contributed by atoms with Crippen LogP contribution < -0.4 is 19.5 Å². The summed E-state index contributed by atoms with van der Waals surface area (Å²) >= 11 is 0. The molecule has 0 radical (unpaired) electrons. The molecule has 174 valence electrons. The number of benzene rings is 2. The molecule has 32 heavy (non-hydrogen) atoms. The minimum absolute atomic E-state index is 0.184. The first-order valence-corrected chi connectivity index (χ1v) is 11.9. The van der Waals surface area contributed by atoms with E-state index in [0.717, 1.165) is 18.4 Å². The molecule has 0 aliphatic carbocycles. The maximum absolute atomic E-state index is 12.7. The van der Waals surface area contributed by atoms with E-state index in [2.05, 4.69) is 5.32 Å². The number of aryl methyl sites for hydroxylation is 1. The van der Waals surface area contributed by atoms with Gasteiger partial charge < -0.3 is 19.5 Å². The number of nitrogens with zero attached hydrogens (tertiary/aromatic N) is 1. The van der Waals surface area contributed by atoms with Crippen LogP contribution in [0.2, 0.25) is 0 Å². The van der Waals surface area contributed by atoms with Crippen molar-refractivity contribution in [1.82, 2.24) is 9.62 Å². The zero-order chi connectivity index (χ0) is 23.3. The summed E-state index contributed by atoms with van der Waals surface area (Å²) in [6.45, 7) is 4.55. The summed E-state index contributed by atoms with van der Waals surface area (Å²) < 4.78 is 43.1. The van der Waals surface area contributed by atoms with E-state index in [0.29, 0.717) is 35.9 Å². The van der Waals surface area contributed by atoms with Crippen LogP contribution in [0.1, 0.15) is 36.9 Å². The van der Waals surface area contributed by atoms with Gasteiger partial charge in [0.05, 0.1) is 25.2 Å². The SMILES string of the molecule is COc1ccc(C(C)NC(=O)COc2ccc(S(=O)(=O)N3CCCC3)cc2C)cc1OC. The Morgan fingerprint density at radius 3 is 2.31 bits per heavy atom. The second-order valence-electron chi connectivity index (χ2n) is 7.73. The van der Waals surface area contributed by atoms with Crippen molar-refractivity contribution in [2.45, 2.75) is 37.6 Å². The van der Waals surface area contributed by atoms with Gasteiger partial charge in [-0.3, -0.25) is 4.79 Å². The van der Waals surface area contributed by atoms with Crippen molar-refractivity contribution in [3.8, 4) is 17.2 Å². The lowest BCUT2D eigenvalue weighted by Gasteiger charge is -2.18. The molecular weight excluding hydrogens is 432 g/mol. The number of carbonyl (C=O) groups excluding carboxylic acids is 1. The normalized spacial score (nSPS) is 15.2. The third-order valence-corrected chi connectivity index (χ3v) is 7.39. The highest BCUT2D eigenvalue weighted by atomic mass is 32.2. The van der Waals surface area contributed by atoms with Gasteiger partial charge in [-0.2, -0.15) is 4.31 Å². The van der Waals surface area contributed by atoms with Crippen LogP contribution in [0.15, 0.2) is 41.3 Å². The lowest BCUT2D eigenvalue weighted by molar-refractivity contribution is -0.123. The molecule has 1 atom stereocenters. The second-order valence-corrected chi connectivity index (χ2v) is 9.67. The molecule has 1 aliphatic heterocycles. The van der Waals surface area contributed by atoms with Crippen LogP contribution in [0.4, 0.5) is 0 Å². The van der Waals surface area contributed by atoms with Gasteiger partial charge in [0.2, 0.25) is 10.0 Å². The standard InChI is InChI=1S/C23H30N2O6S/c1-16-13-19(32(27,28)25-11-5-6-12-25)8-10-20(16)31-15-23(26)24-17(2)18-7-9-21(29-3)22(14-18)30-4/h7-10,13-14,17H,5-6,11-12,15H2,1-4H3,(H,24,26). The van der Waals surface area contributed by atoms with Crippen LogP contribution in [0.25, 0.3) is 0 Å². The third kappa shape index (κ3) is 5.34. The molecule has 8 nitrogen and oxygen atoms in total. The van der Waals surface area contributed by atoms with Crippen molar-refractivity contribution in [1.29, 1.82) is 0 Å². The fraction of sp³-hybridized carbons (Fsp3) is 0.435. The smallest absolute Gasteiger partial charge is 0.258 e. The quantitative estimate of drug-likeness (QED) is 0.616. The molecule has 3 rings (SSSR count). The van der Waals surface area contributed by atoms with Crippen molar-refractivity contribution in [3.63, 3.8) is 0 Å². The fourth-order valence-electron chi connectivity index (χ4n) is 3.65. The molecule has 0 spiro atoms. The summed E-state index contributed by atoms with van der Waals surface area (Å²) in [6, 6.07) is 9.91. The van der Waals surface area contributed by atoms with Crippen molar-refractivity contribution in [2.75, 3.05) is 33.9 Å². The number of amides is 1. The summed E-state index contributed by atoms with van der Waals surface area (Å²) in [7, 11) is -0.363. The lowest BCUT2D eigenvalue weighted by Crippen LogP contribution is -2.31. The lowest BCUT2D eigenvalue weighted by atomic mass is 10.1. The Hall–Kier alpha value is -2.78. The van der Waals surface area contributed by atoms with Crippen molar-refractivity contribution >= 4 is 15.9 Å². The number of sulfonamides is 1. The van der Waals surface area contributed by atoms with Crippen molar-refractivity contribution in [3.05, 3.63) is 47.5 Å². The largest absolute Gasteiger partial charge is 0.493 e. The van der Waals surface area contributed by atoms with Crippen molar-refractivity contribution < 1.29 is 27.4 Å². The molecule has 1 N–H and O–H groups in total. The summed E-state index contributed by atoms with van der Waals surface area (Å²) in [4.78, 5) is 12.6. The maximum Gasteiger partial charge on any atom is 0.258 e. The van der Waals surface area contributed by atoms with Gasteiger partial charge in [-0.1, -0.05) is 6.07 Å². The topological polar surface area (TPSA) is 94.2 Å².